The van der Waals surface area contributed by atoms with E-state index in [1.807, 2.05) is 12.1 Å². The first-order valence-electron chi connectivity index (χ1n) is 6.30. The molecule has 0 bridgehead atoms. The van der Waals surface area contributed by atoms with Crippen LogP contribution in [0, 0.1) is 0 Å². The van der Waals surface area contributed by atoms with E-state index < -0.39 is 0 Å². The van der Waals surface area contributed by atoms with Crippen molar-refractivity contribution in [2.24, 2.45) is 5.10 Å². The molecule has 1 aliphatic heterocycles. The second-order valence-corrected chi connectivity index (χ2v) is 4.60. The highest BCUT2D eigenvalue weighted by Gasteiger charge is 2.13. The fraction of sp³-hybridized carbons (Fsp3) is 0.286. The zero-order valence-electron chi connectivity index (χ0n) is 11.1. The summed E-state index contributed by atoms with van der Waals surface area (Å²) in [6.45, 7) is 1.37. The molecule has 0 fully saturated rings. The van der Waals surface area contributed by atoms with Crippen molar-refractivity contribution in [1.29, 1.82) is 0 Å². The summed E-state index contributed by atoms with van der Waals surface area (Å²) in [6, 6.07) is 7.12. The molecule has 2 amide bonds. The van der Waals surface area contributed by atoms with Gasteiger partial charge in [-0.2, -0.15) is 5.10 Å². The minimum Gasteiger partial charge on any atom is -0.326 e. The normalized spacial score (nSPS) is 14.2. The van der Waals surface area contributed by atoms with Crippen LogP contribution in [-0.4, -0.2) is 23.3 Å². The smallest absolute Gasteiger partial charge is 0.240 e. The summed E-state index contributed by atoms with van der Waals surface area (Å²) in [6.07, 6.45) is 0.901. The quantitative estimate of drug-likeness (QED) is 0.808. The first kappa shape index (κ1) is 13.9. The molecule has 0 aromatic heterocycles. The van der Waals surface area contributed by atoms with E-state index in [2.05, 4.69) is 15.8 Å². The number of amides is 2. The molecule has 1 aromatic rings. The average molecular weight is 273 g/mol. The summed E-state index contributed by atoms with van der Waals surface area (Å²) >= 11 is 0. The molecule has 6 nitrogen and oxygen atoms in total. The predicted molar refractivity (Wildman–Crippen MR) is 74.3 cm³/mol. The summed E-state index contributed by atoms with van der Waals surface area (Å²) in [5, 5.41) is 6.64. The standard InChI is InChI=1S/C14H15N3O3/c1-9(18)8-14(20)15-11-4-2-10(3-5-11)12-6-7-13(19)17-16-12/h2-5H,6-8H2,1H3,(H,15,20)(H,17,19). The van der Waals surface area contributed by atoms with Gasteiger partial charge in [0.2, 0.25) is 11.8 Å². The van der Waals surface area contributed by atoms with E-state index in [-0.39, 0.29) is 24.0 Å². The molecule has 6 heteroatoms. The third-order valence-electron chi connectivity index (χ3n) is 2.82. The number of carbonyl (C=O) groups is 3. The van der Waals surface area contributed by atoms with Crippen molar-refractivity contribution in [3.05, 3.63) is 29.8 Å². The Labute approximate surface area is 116 Å². The van der Waals surface area contributed by atoms with E-state index in [0.717, 1.165) is 11.3 Å². The van der Waals surface area contributed by atoms with Crippen LogP contribution >= 0.6 is 0 Å². The number of hydrazone groups is 1. The van der Waals surface area contributed by atoms with Gasteiger partial charge in [0.05, 0.1) is 12.1 Å². The molecule has 0 spiro atoms. The minimum atomic E-state index is -0.326. The number of ketones is 1. The maximum Gasteiger partial charge on any atom is 0.240 e. The Hall–Kier alpha value is -2.50. The monoisotopic (exact) mass is 273 g/mol. The van der Waals surface area contributed by atoms with Gasteiger partial charge in [-0.25, -0.2) is 5.43 Å². The summed E-state index contributed by atoms with van der Waals surface area (Å²) in [7, 11) is 0. The van der Waals surface area contributed by atoms with Crippen molar-refractivity contribution in [1.82, 2.24) is 5.43 Å². The lowest BCUT2D eigenvalue weighted by atomic mass is 10.0. The van der Waals surface area contributed by atoms with Crippen LogP contribution in [0.5, 0.6) is 0 Å². The van der Waals surface area contributed by atoms with Crippen molar-refractivity contribution in [3.63, 3.8) is 0 Å². The fourth-order valence-corrected chi connectivity index (χ4v) is 1.86. The van der Waals surface area contributed by atoms with Crippen molar-refractivity contribution in [3.8, 4) is 0 Å². The van der Waals surface area contributed by atoms with E-state index in [1.54, 1.807) is 12.1 Å². The highest BCUT2D eigenvalue weighted by atomic mass is 16.2. The van der Waals surface area contributed by atoms with Gasteiger partial charge >= 0.3 is 0 Å². The van der Waals surface area contributed by atoms with Crippen LogP contribution in [0.25, 0.3) is 0 Å². The average Bonchev–Trinajstić information content (AvgIpc) is 2.39. The molecule has 0 atom stereocenters. The van der Waals surface area contributed by atoms with Gasteiger partial charge in [-0.05, 0) is 24.6 Å². The number of hydrogen-bond acceptors (Lipinski definition) is 4. The molecule has 1 aliphatic rings. The molecular formula is C14H15N3O3. The Morgan fingerprint density at radius 2 is 1.95 bits per heavy atom. The Kier molecular flexibility index (Phi) is 4.24. The maximum atomic E-state index is 11.4. The van der Waals surface area contributed by atoms with Gasteiger partial charge < -0.3 is 5.32 Å². The van der Waals surface area contributed by atoms with Gasteiger partial charge in [-0.3, -0.25) is 14.4 Å². The molecule has 2 N–H and O–H groups in total. The summed E-state index contributed by atoms with van der Waals surface area (Å²) in [5.41, 5.74) is 4.78. The molecule has 0 saturated carbocycles. The van der Waals surface area contributed by atoms with E-state index in [0.29, 0.717) is 18.5 Å². The van der Waals surface area contributed by atoms with Crippen LogP contribution < -0.4 is 10.7 Å². The number of hydrogen-bond donors (Lipinski definition) is 2. The largest absolute Gasteiger partial charge is 0.326 e. The topological polar surface area (TPSA) is 87.6 Å². The lowest BCUT2D eigenvalue weighted by Gasteiger charge is -2.12. The van der Waals surface area contributed by atoms with E-state index in [9.17, 15) is 14.4 Å². The van der Waals surface area contributed by atoms with Gasteiger partial charge in [-0.1, -0.05) is 12.1 Å². The van der Waals surface area contributed by atoms with Gasteiger partial charge in [-0.15, -0.1) is 0 Å². The number of carbonyl (C=O) groups excluding carboxylic acids is 3. The van der Waals surface area contributed by atoms with Crippen molar-refractivity contribution >= 4 is 29.0 Å². The van der Waals surface area contributed by atoms with Crippen molar-refractivity contribution in [2.45, 2.75) is 26.2 Å². The Morgan fingerprint density at radius 3 is 2.50 bits per heavy atom. The van der Waals surface area contributed by atoms with Crippen molar-refractivity contribution < 1.29 is 14.4 Å². The second-order valence-electron chi connectivity index (χ2n) is 4.60. The summed E-state index contributed by atoms with van der Waals surface area (Å²) < 4.78 is 0. The zero-order valence-corrected chi connectivity index (χ0v) is 11.1. The highest BCUT2D eigenvalue weighted by molar-refractivity contribution is 6.05. The van der Waals surface area contributed by atoms with Gasteiger partial charge in [0.25, 0.3) is 0 Å². The molecule has 1 aromatic carbocycles. The van der Waals surface area contributed by atoms with Gasteiger partial charge in [0.15, 0.2) is 0 Å². The Balaban J connectivity index is 2.01. The number of benzene rings is 1. The molecule has 2 rings (SSSR count). The van der Waals surface area contributed by atoms with E-state index in [1.165, 1.54) is 6.92 Å². The fourth-order valence-electron chi connectivity index (χ4n) is 1.86. The molecule has 0 radical (unpaired) electrons. The molecule has 0 aliphatic carbocycles. The lowest BCUT2D eigenvalue weighted by Crippen LogP contribution is -2.25. The number of Topliss-reactive ketones (excluding diaryl/α,β-unsaturated/α-hetero) is 1. The highest BCUT2D eigenvalue weighted by Crippen LogP contribution is 2.14. The molecule has 104 valence electrons. The van der Waals surface area contributed by atoms with Crippen LogP contribution in [0.3, 0.4) is 0 Å². The third-order valence-corrected chi connectivity index (χ3v) is 2.82. The molecule has 20 heavy (non-hydrogen) atoms. The Morgan fingerprint density at radius 1 is 1.25 bits per heavy atom. The Bertz CT molecular complexity index is 576. The van der Waals surface area contributed by atoms with Crippen LogP contribution in [0.4, 0.5) is 5.69 Å². The van der Waals surface area contributed by atoms with E-state index in [4.69, 9.17) is 0 Å². The van der Waals surface area contributed by atoms with Gasteiger partial charge in [0.1, 0.15) is 5.78 Å². The zero-order chi connectivity index (χ0) is 14.5. The third kappa shape index (κ3) is 3.74. The first-order chi connectivity index (χ1) is 9.54. The molecular weight excluding hydrogens is 258 g/mol. The predicted octanol–water partition coefficient (Wildman–Crippen LogP) is 1.22. The lowest BCUT2D eigenvalue weighted by molar-refractivity contribution is -0.124. The number of rotatable bonds is 4. The second kappa shape index (κ2) is 6.10. The number of nitrogens with one attached hydrogen (secondary N) is 2. The van der Waals surface area contributed by atoms with Gasteiger partial charge in [0, 0.05) is 18.5 Å². The minimum absolute atomic E-state index is 0.0816. The van der Waals surface area contributed by atoms with Crippen LogP contribution in [0.2, 0.25) is 0 Å². The maximum absolute atomic E-state index is 11.4. The first-order valence-corrected chi connectivity index (χ1v) is 6.30. The summed E-state index contributed by atoms with van der Waals surface area (Å²) in [4.78, 5) is 33.3. The van der Waals surface area contributed by atoms with E-state index >= 15 is 0 Å². The van der Waals surface area contributed by atoms with Crippen LogP contribution in [0.15, 0.2) is 29.4 Å². The van der Waals surface area contributed by atoms with Crippen LogP contribution in [-0.2, 0) is 14.4 Å². The van der Waals surface area contributed by atoms with Crippen LogP contribution in [0.1, 0.15) is 31.7 Å². The van der Waals surface area contributed by atoms with Crippen molar-refractivity contribution in [2.75, 3.05) is 5.32 Å². The number of nitrogens with zero attached hydrogens (tertiary/aromatic N) is 1. The molecule has 0 saturated heterocycles. The summed E-state index contributed by atoms with van der Waals surface area (Å²) in [5.74, 6) is -0.583. The molecule has 0 unspecified atom stereocenters. The number of anilines is 1. The SMILES string of the molecule is CC(=O)CC(=O)Nc1ccc(C2=NNC(=O)CC2)cc1. The molecule has 1 heterocycles.